The molecule has 0 unspecified atom stereocenters. The second kappa shape index (κ2) is 8.47. The molecule has 142 valence electrons. The van der Waals surface area contributed by atoms with Crippen molar-refractivity contribution in [1.82, 2.24) is 19.9 Å². The van der Waals surface area contributed by atoms with Gasteiger partial charge in [-0.05, 0) is 6.07 Å². The molecule has 0 spiro atoms. The normalized spacial score (nSPS) is 14.0. The largest absolute Gasteiger partial charge is 0.366 e. The summed E-state index contributed by atoms with van der Waals surface area (Å²) in [7, 11) is 0. The van der Waals surface area contributed by atoms with Gasteiger partial charge in [0.15, 0.2) is 5.82 Å². The zero-order chi connectivity index (χ0) is 19.2. The maximum atomic E-state index is 4.83. The molecule has 0 atom stereocenters. The van der Waals surface area contributed by atoms with E-state index in [9.17, 15) is 0 Å². The number of hydrogen-bond donors (Lipinski definition) is 1. The number of aromatic nitrogens is 4. The second-order valence-corrected chi connectivity index (χ2v) is 6.49. The molecule has 7 heteroatoms. The summed E-state index contributed by atoms with van der Waals surface area (Å²) in [5.41, 5.74) is 1.00. The summed E-state index contributed by atoms with van der Waals surface area (Å²) in [5.74, 6) is 3.23. The molecule has 2 aromatic heterocycles. The zero-order valence-corrected chi connectivity index (χ0v) is 15.7. The van der Waals surface area contributed by atoms with Gasteiger partial charge in [-0.2, -0.15) is 0 Å². The summed E-state index contributed by atoms with van der Waals surface area (Å²) in [6.45, 7) is 7.83. The van der Waals surface area contributed by atoms with Crippen molar-refractivity contribution < 1.29 is 0 Å². The maximum Gasteiger partial charge on any atom is 0.225 e. The summed E-state index contributed by atoms with van der Waals surface area (Å²) < 4.78 is 0. The Hall–Kier alpha value is -3.48. The number of rotatable bonds is 6. The van der Waals surface area contributed by atoms with E-state index in [2.05, 4.69) is 36.6 Å². The monoisotopic (exact) mass is 373 g/mol. The smallest absolute Gasteiger partial charge is 0.225 e. The van der Waals surface area contributed by atoms with Crippen molar-refractivity contribution >= 4 is 17.6 Å². The lowest BCUT2D eigenvalue weighted by Crippen LogP contribution is -2.47. The molecule has 1 aliphatic heterocycles. The topological polar surface area (TPSA) is 70.1 Å². The van der Waals surface area contributed by atoms with Gasteiger partial charge in [-0.3, -0.25) is 0 Å². The minimum absolute atomic E-state index is 0.657. The summed E-state index contributed by atoms with van der Waals surface area (Å²) in [6, 6.07) is 13.9. The highest BCUT2D eigenvalue weighted by Gasteiger charge is 2.21. The van der Waals surface area contributed by atoms with Crippen LogP contribution in [0.1, 0.15) is 0 Å². The van der Waals surface area contributed by atoms with Gasteiger partial charge < -0.3 is 15.1 Å². The molecule has 0 amide bonds. The highest BCUT2D eigenvalue weighted by atomic mass is 15.3. The van der Waals surface area contributed by atoms with Crippen molar-refractivity contribution in [2.24, 2.45) is 0 Å². The Bertz CT molecular complexity index is 907. The fourth-order valence-corrected chi connectivity index (χ4v) is 3.17. The van der Waals surface area contributed by atoms with Crippen LogP contribution in [-0.4, -0.2) is 52.7 Å². The van der Waals surface area contributed by atoms with Gasteiger partial charge in [-0.25, -0.2) is 19.9 Å². The SMILES string of the molecule is C=CCNc1cc(N2CCN(c3ncccn3)CC2)nc(-c2ccccc2)n1. The molecule has 4 rings (SSSR count). The lowest BCUT2D eigenvalue weighted by molar-refractivity contribution is 0.634. The third-order valence-corrected chi connectivity index (χ3v) is 4.61. The van der Waals surface area contributed by atoms with Crippen LogP contribution < -0.4 is 15.1 Å². The minimum atomic E-state index is 0.657. The van der Waals surface area contributed by atoms with E-state index in [1.807, 2.05) is 48.5 Å². The standard InChI is InChI=1S/C21H23N7/c1-2-9-22-18-16-19(26-20(25-18)17-7-4-3-5-8-17)27-12-14-28(15-13-27)21-23-10-6-11-24-21/h2-8,10-11,16H,1,9,12-15H2,(H,22,25,26). The van der Waals surface area contributed by atoms with E-state index < -0.39 is 0 Å². The van der Waals surface area contributed by atoms with Gasteiger partial charge in [0.05, 0.1) is 0 Å². The molecular formula is C21H23N7. The number of anilines is 3. The van der Waals surface area contributed by atoms with Crippen molar-refractivity contribution in [3.8, 4) is 11.4 Å². The van der Waals surface area contributed by atoms with Crippen LogP contribution in [0.2, 0.25) is 0 Å². The highest BCUT2D eigenvalue weighted by Crippen LogP contribution is 2.24. The molecule has 0 bridgehead atoms. The molecule has 7 nitrogen and oxygen atoms in total. The van der Waals surface area contributed by atoms with E-state index in [4.69, 9.17) is 4.98 Å². The van der Waals surface area contributed by atoms with Gasteiger partial charge in [0.25, 0.3) is 0 Å². The molecule has 28 heavy (non-hydrogen) atoms. The molecule has 1 saturated heterocycles. The van der Waals surface area contributed by atoms with Crippen molar-refractivity contribution in [1.29, 1.82) is 0 Å². The lowest BCUT2D eigenvalue weighted by atomic mass is 10.2. The van der Waals surface area contributed by atoms with Gasteiger partial charge in [0.2, 0.25) is 5.95 Å². The molecule has 0 saturated carbocycles. The van der Waals surface area contributed by atoms with E-state index in [0.717, 1.165) is 55.2 Å². The molecular weight excluding hydrogens is 350 g/mol. The third-order valence-electron chi connectivity index (χ3n) is 4.61. The van der Waals surface area contributed by atoms with E-state index in [1.165, 1.54) is 0 Å². The van der Waals surface area contributed by atoms with E-state index in [-0.39, 0.29) is 0 Å². The number of nitrogens with zero attached hydrogens (tertiary/aromatic N) is 6. The summed E-state index contributed by atoms with van der Waals surface area (Å²) >= 11 is 0. The van der Waals surface area contributed by atoms with Crippen LogP contribution in [0.3, 0.4) is 0 Å². The minimum Gasteiger partial charge on any atom is -0.366 e. The molecule has 1 fully saturated rings. The summed E-state index contributed by atoms with van der Waals surface area (Å²) in [6.07, 6.45) is 5.38. The molecule has 0 radical (unpaired) electrons. The zero-order valence-electron chi connectivity index (χ0n) is 15.7. The Balaban J connectivity index is 1.56. The molecule has 3 heterocycles. The first-order valence-corrected chi connectivity index (χ1v) is 9.39. The van der Waals surface area contributed by atoms with Gasteiger partial charge in [-0.1, -0.05) is 36.4 Å². The van der Waals surface area contributed by atoms with Crippen LogP contribution in [-0.2, 0) is 0 Å². The number of piperazine rings is 1. The Morgan fingerprint density at radius 1 is 0.929 bits per heavy atom. The first-order valence-electron chi connectivity index (χ1n) is 9.39. The van der Waals surface area contributed by atoms with E-state index in [1.54, 1.807) is 12.4 Å². The average Bonchev–Trinajstić information content (AvgIpc) is 2.79. The van der Waals surface area contributed by atoms with Crippen LogP contribution in [0.25, 0.3) is 11.4 Å². The van der Waals surface area contributed by atoms with Crippen molar-refractivity contribution in [2.75, 3.05) is 47.8 Å². The first-order chi connectivity index (χ1) is 13.8. The maximum absolute atomic E-state index is 4.83. The fraction of sp³-hybridized carbons (Fsp3) is 0.238. The number of benzene rings is 1. The summed E-state index contributed by atoms with van der Waals surface area (Å²) in [5, 5.41) is 3.29. The molecule has 3 aromatic rings. The number of hydrogen-bond acceptors (Lipinski definition) is 7. The number of nitrogens with one attached hydrogen (secondary N) is 1. The van der Waals surface area contributed by atoms with Crippen molar-refractivity contribution in [3.05, 3.63) is 67.5 Å². The predicted molar refractivity (Wildman–Crippen MR) is 113 cm³/mol. The highest BCUT2D eigenvalue weighted by molar-refractivity contribution is 5.62. The van der Waals surface area contributed by atoms with Crippen LogP contribution >= 0.6 is 0 Å². The first kappa shape index (κ1) is 17.9. The van der Waals surface area contributed by atoms with Crippen molar-refractivity contribution in [3.63, 3.8) is 0 Å². The predicted octanol–water partition coefficient (Wildman–Crippen LogP) is 2.86. The second-order valence-electron chi connectivity index (χ2n) is 6.49. The molecule has 0 aliphatic carbocycles. The van der Waals surface area contributed by atoms with Crippen LogP contribution in [0.15, 0.2) is 67.5 Å². The fourth-order valence-electron chi connectivity index (χ4n) is 3.17. The van der Waals surface area contributed by atoms with E-state index in [0.29, 0.717) is 6.54 Å². The van der Waals surface area contributed by atoms with Gasteiger partial charge in [0, 0.05) is 56.7 Å². The molecule has 1 N–H and O–H groups in total. The van der Waals surface area contributed by atoms with Gasteiger partial charge in [-0.15, -0.1) is 6.58 Å². The molecule has 1 aromatic carbocycles. The van der Waals surface area contributed by atoms with Crippen LogP contribution in [0.4, 0.5) is 17.6 Å². The quantitative estimate of drug-likeness (QED) is 0.666. The Morgan fingerprint density at radius 3 is 2.36 bits per heavy atom. The van der Waals surface area contributed by atoms with Crippen molar-refractivity contribution in [2.45, 2.75) is 0 Å². The average molecular weight is 373 g/mol. The Morgan fingerprint density at radius 2 is 1.64 bits per heavy atom. The Kier molecular flexibility index (Phi) is 5.42. The lowest BCUT2D eigenvalue weighted by Gasteiger charge is -2.35. The van der Waals surface area contributed by atoms with Crippen LogP contribution in [0, 0.1) is 0 Å². The Labute approximate surface area is 164 Å². The molecule has 1 aliphatic rings. The van der Waals surface area contributed by atoms with E-state index >= 15 is 0 Å². The van der Waals surface area contributed by atoms with Gasteiger partial charge in [0.1, 0.15) is 11.6 Å². The third kappa shape index (κ3) is 4.09. The summed E-state index contributed by atoms with van der Waals surface area (Å²) in [4.78, 5) is 22.7. The van der Waals surface area contributed by atoms with Crippen LogP contribution in [0.5, 0.6) is 0 Å². The van der Waals surface area contributed by atoms with Gasteiger partial charge >= 0.3 is 0 Å².